The van der Waals surface area contributed by atoms with Crippen LogP contribution < -0.4 is 10.6 Å². The molecule has 0 radical (unpaired) electrons. The van der Waals surface area contributed by atoms with Crippen LogP contribution in [-0.4, -0.2) is 65.7 Å². The Morgan fingerprint density at radius 2 is 1.83 bits per heavy atom. The van der Waals surface area contributed by atoms with Crippen LogP contribution in [-0.2, 0) is 4.79 Å². The first-order valence-electron chi connectivity index (χ1n) is 12.2. The minimum atomic E-state index is -0.327. The molecule has 2 aliphatic rings. The molecule has 2 amide bonds. The van der Waals surface area contributed by atoms with Crippen molar-refractivity contribution in [1.82, 2.24) is 34.3 Å². The lowest BCUT2D eigenvalue weighted by Crippen LogP contribution is -2.30. The smallest absolute Gasteiger partial charge is 0.259 e. The van der Waals surface area contributed by atoms with Crippen molar-refractivity contribution < 1.29 is 9.59 Å². The van der Waals surface area contributed by atoms with E-state index in [1.54, 1.807) is 42.3 Å². The first kappa shape index (κ1) is 22.4. The molecule has 0 spiro atoms. The lowest BCUT2D eigenvalue weighted by molar-refractivity contribution is -0.117. The Balaban J connectivity index is 1.17. The van der Waals surface area contributed by atoms with Gasteiger partial charge in [0.05, 0.1) is 77.4 Å². The van der Waals surface area contributed by atoms with Crippen LogP contribution >= 0.6 is 0 Å². The fraction of sp³-hybridized carbons (Fsp3) is 0.360. The molecule has 11 heteroatoms. The molecule has 1 aliphatic carbocycles. The van der Waals surface area contributed by atoms with Crippen LogP contribution in [0.3, 0.4) is 0 Å². The number of hydrogen-bond donors (Lipinski definition) is 2. The van der Waals surface area contributed by atoms with Crippen LogP contribution in [0.15, 0.2) is 43.2 Å². The van der Waals surface area contributed by atoms with E-state index >= 15 is 0 Å². The third-order valence-electron chi connectivity index (χ3n) is 6.65. The molecule has 4 aromatic rings. The second-order valence-electron chi connectivity index (χ2n) is 9.44. The molecule has 11 nitrogen and oxygen atoms in total. The standard InChI is InChI=1S/C25H27N9O2/c1-16-21(8-18(10-26-16)30-24(35)15-32-6-2-3-7-32)31-25(36)20-11-29-34-14-22(27-12-23(20)34)17-9-28-33(13-17)19-4-5-19/h8-14,19H,2-7,15H2,1H3,(H,30,35)(H,31,36). The summed E-state index contributed by atoms with van der Waals surface area (Å²) in [6.07, 6.45) is 14.9. The Hall–Kier alpha value is -4.12. The van der Waals surface area contributed by atoms with E-state index in [1.165, 1.54) is 6.20 Å². The molecule has 5 heterocycles. The number of nitrogens with one attached hydrogen (secondary N) is 2. The van der Waals surface area contributed by atoms with Crippen molar-refractivity contribution >= 4 is 28.7 Å². The molecule has 0 unspecified atom stereocenters. The molecule has 1 saturated carbocycles. The summed E-state index contributed by atoms with van der Waals surface area (Å²) in [7, 11) is 0. The minimum absolute atomic E-state index is 0.0907. The number of carbonyl (C=O) groups is 2. The van der Waals surface area contributed by atoms with Crippen molar-refractivity contribution in [3.05, 3.63) is 54.5 Å². The minimum Gasteiger partial charge on any atom is -0.324 e. The summed E-state index contributed by atoms with van der Waals surface area (Å²) >= 11 is 0. The fourth-order valence-electron chi connectivity index (χ4n) is 4.48. The average molecular weight is 486 g/mol. The number of fused-ring (bicyclic) bond motifs is 1. The maximum Gasteiger partial charge on any atom is 0.259 e. The summed E-state index contributed by atoms with van der Waals surface area (Å²) in [6.45, 7) is 4.05. The van der Waals surface area contributed by atoms with E-state index in [-0.39, 0.29) is 11.8 Å². The Labute approximate surface area is 207 Å². The van der Waals surface area contributed by atoms with Crippen LogP contribution in [0.25, 0.3) is 16.8 Å². The van der Waals surface area contributed by atoms with Crippen molar-refractivity contribution in [3.63, 3.8) is 0 Å². The van der Waals surface area contributed by atoms with Gasteiger partial charge in [0.15, 0.2) is 0 Å². The highest BCUT2D eigenvalue weighted by molar-refractivity contribution is 6.09. The first-order chi connectivity index (χ1) is 17.5. The van der Waals surface area contributed by atoms with Crippen LogP contribution in [0.4, 0.5) is 11.4 Å². The zero-order valence-corrected chi connectivity index (χ0v) is 20.0. The predicted octanol–water partition coefficient (Wildman–Crippen LogP) is 2.92. The first-order valence-corrected chi connectivity index (χ1v) is 12.2. The number of aryl methyl sites for hydroxylation is 1. The van der Waals surface area contributed by atoms with Crippen molar-refractivity contribution in [3.8, 4) is 11.3 Å². The zero-order chi connectivity index (χ0) is 24.6. The summed E-state index contributed by atoms with van der Waals surface area (Å²) in [4.78, 5) is 36.5. The summed E-state index contributed by atoms with van der Waals surface area (Å²) in [6, 6.07) is 2.22. The normalized spacial score (nSPS) is 15.9. The number of likely N-dealkylation sites (tertiary alicyclic amines) is 1. The van der Waals surface area contributed by atoms with Gasteiger partial charge >= 0.3 is 0 Å². The van der Waals surface area contributed by atoms with Gasteiger partial charge in [0.1, 0.15) is 0 Å². The lowest BCUT2D eigenvalue weighted by atomic mass is 10.2. The molecule has 1 aliphatic heterocycles. The molecule has 2 fully saturated rings. The maximum absolute atomic E-state index is 13.1. The molecule has 1 saturated heterocycles. The monoisotopic (exact) mass is 485 g/mol. The Kier molecular flexibility index (Phi) is 5.68. The summed E-state index contributed by atoms with van der Waals surface area (Å²) in [5, 5.41) is 14.6. The van der Waals surface area contributed by atoms with Gasteiger partial charge in [-0.15, -0.1) is 0 Å². The number of rotatable bonds is 7. The van der Waals surface area contributed by atoms with Gasteiger partial charge in [-0.25, -0.2) is 4.52 Å². The summed E-state index contributed by atoms with van der Waals surface area (Å²) < 4.78 is 3.62. The fourth-order valence-corrected chi connectivity index (χ4v) is 4.48. The summed E-state index contributed by atoms with van der Waals surface area (Å²) in [5.41, 5.74) is 4.34. The molecule has 2 N–H and O–H groups in total. The van der Waals surface area contributed by atoms with Gasteiger partial charge in [-0.05, 0) is 51.8 Å². The van der Waals surface area contributed by atoms with Gasteiger partial charge < -0.3 is 10.6 Å². The Bertz CT molecular complexity index is 1450. The van der Waals surface area contributed by atoms with Crippen molar-refractivity contribution in [1.29, 1.82) is 0 Å². The lowest BCUT2D eigenvalue weighted by Gasteiger charge is -2.15. The number of nitrogens with zero attached hydrogens (tertiary/aromatic N) is 7. The van der Waals surface area contributed by atoms with E-state index in [2.05, 4.69) is 35.7 Å². The Morgan fingerprint density at radius 3 is 2.64 bits per heavy atom. The molecular weight excluding hydrogens is 458 g/mol. The van der Waals surface area contributed by atoms with E-state index in [1.807, 2.05) is 10.9 Å². The predicted molar refractivity (Wildman–Crippen MR) is 134 cm³/mol. The van der Waals surface area contributed by atoms with Crippen LogP contribution in [0.1, 0.15) is 47.8 Å². The SMILES string of the molecule is Cc1ncc(NC(=O)CN2CCCC2)cc1NC(=O)c1cnn2cc(-c3cnn(C4CC4)c3)ncc12. The molecule has 4 aromatic heterocycles. The third kappa shape index (κ3) is 4.57. The van der Waals surface area contributed by atoms with E-state index in [9.17, 15) is 9.59 Å². The maximum atomic E-state index is 13.1. The number of carbonyl (C=O) groups excluding carboxylic acids is 2. The topological polar surface area (TPSA) is 122 Å². The average Bonchev–Trinajstić information content (AvgIpc) is 3.25. The van der Waals surface area contributed by atoms with Gasteiger partial charge in [-0.3, -0.25) is 29.1 Å². The molecule has 36 heavy (non-hydrogen) atoms. The van der Waals surface area contributed by atoms with Gasteiger partial charge in [0.2, 0.25) is 5.91 Å². The molecule has 6 rings (SSSR count). The number of anilines is 2. The van der Waals surface area contributed by atoms with Crippen LogP contribution in [0.5, 0.6) is 0 Å². The highest BCUT2D eigenvalue weighted by atomic mass is 16.2. The van der Waals surface area contributed by atoms with E-state index in [4.69, 9.17) is 0 Å². The molecule has 184 valence electrons. The van der Waals surface area contributed by atoms with Gasteiger partial charge in [-0.1, -0.05) is 0 Å². The second-order valence-corrected chi connectivity index (χ2v) is 9.44. The molecule has 0 aromatic carbocycles. The third-order valence-corrected chi connectivity index (χ3v) is 6.65. The van der Waals surface area contributed by atoms with Crippen LogP contribution in [0, 0.1) is 6.92 Å². The highest BCUT2D eigenvalue weighted by Crippen LogP contribution is 2.35. The quantitative estimate of drug-likeness (QED) is 0.413. The van der Waals surface area contributed by atoms with Crippen molar-refractivity contribution in [2.24, 2.45) is 0 Å². The second kappa shape index (κ2) is 9.15. The number of pyridine rings is 1. The van der Waals surface area contributed by atoms with Gasteiger partial charge in [0, 0.05) is 11.8 Å². The van der Waals surface area contributed by atoms with E-state index in [0.717, 1.165) is 50.0 Å². The number of amides is 2. The van der Waals surface area contributed by atoms with Crippen LogP contribution in [0.2, 0.25) is 0 Å². The molecule has 0 atom stereocenters. The number of hydrogen-bond acceptors (Lipinski definition) is 7. The van der Waals surface area contributed by atoms with Gasteiger partial charge in [0.25, 0.3) is 5.91 Å². The van der Waals surface area contributed by atoms with E-state index < -0.39 is 0 Å². The zero-order valence-electron chi connectivity index (χ0n) is 20.0. The highest BCUT2D eigenvalue weighted by Gasteiger charge is 2.24. The van der Waals surface area contributed by atoms with E-state index in [0.29, 0.717) is 40.7 Å². The van der Waals surface area contributed by atoms with Crippen molar-refractivity contribution in [2.75, 3.05) is 30.3 Å². The van der Waals surface area contributed by atoms with Gasteiger partial charge in [-0.2, -0.15) is 10.2 Å². The largest absolute Gasteiger partial charge is 0.324 e. The molecular formula is C25H27N9O2. The van der Waals surface area contributed by atoms with Crippen molar-refractivity contribution in [2.45, 2.75) is 38.6 Å². The molecule has 0 bridgehead atoms. The Morgan fingerprint density at radius 1 is 1.00 bits per heavy atom. The summed E-state index contributed by atoms with van der Waals surface area (Å²) in [5.74, 6) is -0.418. The number of aromatic nitrogens is 6.